The van der Waals surface area contributed by atoms with Crippen LogP contribution in [0.1, 0.15) is 46.2 Å². The normalized spacial score (nSPS) is 19.3. The predicted molar refractivity (Wildman–Crippen MR) is 140 cm³/mol. The standard InChI is InChI=1S/C24H34N6O3S2/c1-6-8-19-21-22(29(5)28-19)24(34)27-23(26-21)18-12-17(9-10-20(18)33-11-7-2)35(31,32)30-13-15(3)25-16(4)14-30/h9-10,12,15-16,25H,6-8,11,13-14H2,1-5H3,(H,26,27,34). The highest BCUT2D eigenvalue weighted by atomic mass is 32.2. The van der Waals surface area contributed by atoms with Gasteiger partial charge in [0.25, 0.3) is 0 Å². The van der Waals surface area contributed by atoms with Crippen LogP contribution < -0.4 is 10.1 Å². The summed E-state index contributed by atoms with van der Waals surface area (Å²) in [5.74, 6) is 1.03. The molecule has 0 spiro atoms. The third-order valence-corrected chi connectivity index (χ3v) is 8.20. The van der Waals surface area contributed by atoms with Gasteiger partial charge in [0.2, 0.25) is 10.0 Å². The zero-order valence-electron chi connectivity index (χ0n) is 21.0. The van der Waals surface area contributed by atoms with Crippen LogP contribution in [0.3, 0.4) is 0 Å². The minimum absolute atomic E-state index is 0.0721. The van der Waals surface area contributed by atoms with E-state index in [9.17, 15) is 8.42 Å². The number of rotatable bonds is 8. The maximum Gasteiger partial charge on any atom is 0.243 e. The second kappa shape index (κ2) is 10.3. The molecule has 4 rings (SSSR count). The van der Waals surface area contributed by atoms with Gasteiger partial charge in [0, 0.05) is 32.2 Å². The molecule has 1 aliphatic heterocycles. The number of sulfonamides is 1. The predicted octanol–water partition coefficient (Wildman–Crippen LogP) is 3.81. The van der Waals surface area contributed by atoms with E-state index in [1.54, 1.807) is 27.2 Å². The van der Waals surface area contributed by atoms with Gasteiger partial charge in [-0.3, -0.25) is 4.68 Å². The first-order valence-electron chi connectivity index (χ1n) is 12.1. The lowest BCUT2D eigenvalue weighted by atomic mass is 10.1. The SMILES string of the molecule is CCCOc1ccc(S(=O)(=O)N2CC(C)NC(C)C2)cc1-c1nc2c(CCC)nn(C)c2c(=S)[nH]1. The Morgan fingerprint density at radius 3 is 2.54 bits per heavy atom. The Morgan fingerprint density at radius 2 is 1.89 bits per heavy atom. The lowest BCUT2D eigenvalue weighted by Crippen LogP contribution is -2.55. The van der Waals surface area contributed by atoms with Crippen molar-refractivity contribution in [3.05, 3.63) is 28.5 Å². The van der Waals surface area contributed by atoms with Crippen molar-refractivity contribution in [2.75, 3.05) is 19.7 Å². The maximum atomic E-state index is 13.6. The van der Waals surface area contributed by atoms with Crippen LogP contribution in [0.5, 0.6) is 5.75 Å². The van der Waals surface area contributed by atoms with Crippen LogP contribution in [0.15, 0.2) is 23.1 Å². The molecule has 2 N–H and O–H groups in total. The van der Waals surface area contributed by atoms with Crippen LogP contribution in [0.2, 0.25) is 0 Å². The number of nitrogens with one attached hydrogen (secondary N) is 2. The van der Waals surface area contributed by atoms with Gasteiger partial charge in [0.15, 0.2) is 0 Å². The van der Waals surface area contributed by atoms with E-state index in [-0.39, 0.29) is 17.0 Å². The zero-order chi connectivity index (χ0) is 25.3. The molecule has 1 aromatic carbocycles. The molecule has 35 heavy (non-hydrogen) atoms. The van der Waals surface area contributed by atoms with Crippen molar-refractivity contribution in [2.24, 2.45) is 7.05 Å². The molecule has 3 heterocycles. The first-order valence-corrected chi connectivity index (χ1v) is 14.0. The molecule has 1 aliphatic rings. The molecule has 0 bridgehead atoms. The molecule has 2 unspecified atom stereocenters. The molecule has 11 heteroatoms. The van der Waals surface area contributed by atoms with Gasteiger partial charge in [-0.2, -0.15) is 9.40 Å². The summed E-state index contributed by atoms with van der Waals surface area (Å²) in [4.78, 5) is 8.27. The second-order valence-corrected chi connectivity index (χ2v) is 11.6. The summed E-state index contributed by atoms with van der Waals surface area (Å²) in [6, 6.07) is 5.12. The van der Waals surface area contributed by atoms with E-state index in [0.717, 1.165) is 36.0 Å². The molecule has 0 saturated carbocycles. The van der Waals surface area contributed by atoms with Crippen LogP contribution in [0.25, 0.3) is 22.4 Å². The van der Waals surface area contributed by atoms with Crippen LogP contribution in [0.4, 0.5) is 0 Å². The lowest BCUT2D eigenvalue weighted by Gasteiger charge is -2.35. The van der Waals surface area contributed by atoms with E-state index in [4.69, 9.17) is 21.9 Å². The van der Waals surface area contributed by atoms with Gasteiger partial charge in [0.1, 0.15) is 27.2 Å². The fraction of sp³-hybridized carbons (Fsp3) is 0.542. The summed E-state index contributed by atoms with van der Waals surface area (Å²) in [5.41, 5.74) is 2.92. The van der Waals surface area contributed by atoms with Crippen molar-refractivity contribution in [1.82, 2.24) is 29.4 Å². The summed E-state index contributed by atoms with van der Waals surface area (Å²) in [5, 5.41) is 7.99. The monoisotopic (exact) mass is 518 g/mol. The van der Waals surface area contributed by atoms with E-state index < -0.39 is 10.0 Å². The Bertz CT molecular complexity index is 1370. The lowest BCUT2D eigenvalue weighted by molar-refractivity contribution is 0.263. The third kappa shape index (κ3) is 5.13. The number of fused-ring (bicyclic) bond motifs is 1. The molecule has 2 atom stereocenters. The third-order valence-electron chi connectivity index (χ3n) is 6.08. The minimum Gasteiger partial charge on any atom is -0.493 e. The second-order valence-electron chi connectivity index (χ2n) is 9.23. The number of aromatic amines is 1. The Hall–Kier alpha value is -2.34. The van der Waals surface area contributed by atoms with Crippen molar-refractivity contribution in [3.63, 3.8) is 0 Å². The Labute approximate surface area is 211 Å². The van der Waals surface area contributed by atoms with Crippen molar-refractivity contribution >= 4 is 33.3 Å². The first kappa shape index (κ1) is 25.7. The van der Waals surface area contributed by atoms with Crippen LogP contribution in [-0.2, 0) is 23.5 Å². The molecule has 190 valence electrons. The number of benzene rings is 1. The molecule has 3 aromatic rings. The molecule has 9 nitrogen and oxygen atoms in total. The average molecular weight is 519 g/mol. The highest BCUT2D eigenvalue weighted by molar-refractivity contribution is 7.89. The molecular weight excluding hydrogens is 484 g/mol. The number of aryl methyl sites for hydroxylation is 2. The summed E-state index contributed by atoms with van der Waals surface area (Å²) < 4.78 is 37.0. The van der Waals surface area contributed by atoms with Gasteiger partial charge < -0.3 is 15.0 Å². The summed E-state index contributed by atoms with van der Waals surface area (Å²) in [6.45, 7) is 9.43. The minimum atomic E-state index is -3.71. The smallest absolute Gasteiger partial charge is 0.243 e. The Kier molecular flexibility index (Phi) is 7.60. The molecular formula is C24H34N6O3S2. The van der Waals surface area contributed by atoms with Crippen LogP contribution >= 0.6 is 12.2 Å². The highest BCUT2D eigenvalue weighted by Crippen LogP contribution is 2.33. The number of nitrogens with zero attached hydrogens (tertiary/aromatic N) is 4. The van der Waals surface area contributed by atoms with Gasteiger partial charge in [-0.15, -0.1) is 0 Å². The molecule has 0 aliphatic carbocycles. The summed E-state index contributed by atoms with van der Waals surface area (Å²) >= 11 is 5.66. The van der Waals surface area contributed by atoms with Gasteiger partial charge in [-0.25, -0.2) is 13.4 Å². The number of piperazine rings is 1. The quantitative estimate of drug-likeness (QED) is 0.437. The summed E-state index contributed by atoms with van der Waals surface area (Å²) in [6.07, 6.45) is 2.52. The molecule has 1 saturated heterocycles. The molecule has 0 amide bonds. The fourth-order valence-corrected chi connectivity index (χ4v) is 6.56. The zero-order valence-corrected chi connectivity index (χ0v) is 22.6. The molecule has 0 radical (unpaired) electrons. The van der Waals surface area contributed by atoms with Gasteiger partial charge >= 0.3 is 0 Å². The van der Waals surface area contributed by atoms with Crippen molar-refractivity contribution in [1.29, 1.82) is 0 Å². The number of ether oxygens (including phenoxy) is 1. The maximum absolute atomic E-state index is 13.6. The van der Waals surface area contributed by atoms with E-state index in [2.05, 4.69) is 22.3 Å². The molecule has 1 fully saturated rings. The topological polar surface area (TPSA) is 105 Å². The number of hydrogen-bond acceptors (Lipinski definition) is 7. The number of hydrogen-bond donors (Lipinski definition) is 2. The van der Waals surface area contributed by atoms with Crippen molar-refractivity contribution in [2.45, 2.75) is 63.9 Å². The fourth-order valence-electron chi connectivity index (χ4n) is 4.59. The first-order chi connectivity index (χ1) is 16.6. The Morgan fingerprint density at radius 1 is 1.17 bits per heavy atom. The van der Waals surface area contributed by atoms with Crippen molar-refractivity contribution < 1.29 is 13.2 Å². The van der Waals surface area contributed by atoms with Crippen LogP contribution in [-0.4, -0.2) is 64.3 Å². The summed E-state index contributed by atoms with van der Waals surface area (Å²) in [7, 11) is -1.86. The number of H-pyrrole nitrogens is 1. The molecule has 2 aromatic heterocycles. The van der Waals surface area contributed by atoms with E-state index >= 15 is 0 Å². The van der Waals surface area contributed by atoms with Gasteiger partial charge in [-0.1, -0.05) is 32.5 Å². The van der Waals surface area contributed by atoms with E-state index in [1.807, 2.05) is 27.8 Å². The van der Waals surface area contributed by atoms with Gasteiger partial charge in [-0.05, 0) is 44.9 Å². The largest absolute Gasteiger partial charge is 0.493 e. The number of aromatic nitrogens is 4. The van der Waals surface area contributed by atoms with Gasteiger partial charge in [0.05, 0.1) is 22.8 Å². The van der Waals surface area contributed by atoms with E-state index in [1.165, 1.54) is 0 Å². The van der Waals surface area contributed by atoms with E-state index in [0.29, 0.717) is 41.5 Å². The van der Waals surface area contributed by atoms with Crippen LogP contribution in [0, 0.1) is 4.64 Å². The Balaban J connectivity index is 1.86. The highest BCUT2D eigenvalue weighted by Gasteiger charge is 2.32. The van der Waals surface area contributed by atoms with Crippen molar-refractivity contribution in [3.8, 4) is 17.1 Å². The average Bonchev–Trinajstić information content (AvgIpc) is 3.12.